The summed E-state index contributed by atoms with van der Waals surface area (Å²) in [5.74, 6) is 0.969. The lowest BCUT2D eigenvalue weighted by molar-refractivity contribution is -0.136. The molecule has 0 saturated heterocycles. The molecule has 1 aromatic carbocycles. The number of nitrogens with zero attached hydrogens (tertiary/aromatic N) is 1. The van der Waals surface area contributed by atoms with E-state index in [1.807, 2.05) is 0 Å². The second kappa shape index (κ2) is 6.78. The quantitative estimate of drug-likeness (QED) is 0.858. The lowest BCUT2D eigenvalue weighted by atomic mass is 10.0. The van der Waals surface area contributed by atoms with Gasteiger partial charge in [0, 0.05) is 5.25 Å². The van der Waals surface area contributed by atoms with Crippen LogP contribution < -0.4 is 5.56 Å². The van der Waals surface area contributed by atoms with Gasteiger partial charge in [0.05, 0.1) is 22.2 Å². The molecule has 1 aliphatic rings. The normalized spacial score (nSPS) is 16.7. The van der Waals surface area contributed by atoms with Crippen molar-refractivity contribution in [3.63, 3.8) is 0 Å². The van der Waals surface area contributed by atoms with Gasteiger partial charge in [-0.05, 0) is 31.4 Å². The Balaban J connectivity index is 1.95. The molecule has 0 amide bonds. The highest BCUT2D eigenvalue weighted by molar-refractivity contribution is 7.99. The number of halogens is 3. The Kier molecular flexibility index (Phi) is 4.90. The van der Waals surface area contributed by atoms with E-state index >= 15 is 0 Å². The summed E-state index contributed by atoms with van der Waals surface area (Å²) in [6.45, 7) is 1.67. The van der Waals surface area contributed by atoms with Crippen LogP contribution in [0.25, 0.3) is 10.9 Å². The number of benzene rings is 1. The maximum Gasteiger partial charge on any atom is 0.417 e. The van der Waals surface area contributed by atoms with Gasteiger partial charge in [-0.1, -0.05) is 25.3 Å². The molecule has 1 saturated carbocycles. The summed E-state index contributed by atoms with van der Waals surface area (Å²) in [5, 5.41) is 0.177. The van der Waals surface area contributed by atoms with Crippen LogP contribution in [0.5, 0.6) is 0 Å². The molecule has 2 aromatic rings. The third-order valence-electron chi connectivity index (χ3n) is 4.42. The number of fused-ring (bicyclic) bond motifs is 1. The molecule has 0 spiro atoms. The number of thioether (sulfide) groups is 1. The van der Waals surface area contributed by atoms with Gasteiger partial charge in [0.25, 0.3) is 5.56 Å². The van der Waals surface area contributed by atoms with Crippen molar-refractivity contribution in [2.75, 3.05) is 0 Å². The van der Waals surface area contributed by atoms with Gasteiger partial charge in [-0.25, -0.2) is 4.98 Å². The van der Waals surface area contributed by atoms with E-state index in [-0.39, 0.29) is 10.9 Å². The molecule has 1 aromatic heterocycles. The van der Waals surface area contributed by atoms with E-state index in [1.165, 1.54) is 25.3 Å². The second-order valence-electron chi connectivity index (χ2n) is 6.24. The Labute approximate surface area is 142 Å². The van der Waals surface area contributed by atoms with E-state index in [0.29, 0.717) is 22.4 Å². The number of hydrogen-bond acceptors (Lipinski definition) is 3. The average Bonchev–Trinajstić information content (AvgIpc) is 2.54. The number of aromatic nitrogens is 2. The number of rotatable bonds is 3. The average molecular weight is 356 g/mol. The van der Waals surface area contributed by atoms with Crippen LogP contribution in [0.15, 0.2) is 16.9 Å². The highest BCUT2D eigenvalue weighted by atomic mass is 32.2. The van der Waals surface area contributed by atoms with Gasteiger partial charge in [-0.15, -0.1) is 0 Å². The van der Waals surface area contributed by atoms with Crippen LogP contribution in [-0.2, 0) is 11.9 Å². The first kappa shape index (κ1) is 17.3. The molecule has 1 N–H and O–H groups in total. The monoisotopic (exact) mass is 356 g/mol. The van der Waals surface area contributed by atoms with E-state index in [2.05, 4.69) is 9.97 Å². The molecule has 3 nitrogen and oxygen atoms in total. The maximum absolute atomic E-state index is 13.1. The molecule has 0 aliphatic heterocycles. The fraction of sp³-hybridized carbons (Fsp3) is 0.529. The number of nitrogens with one attached hydrogen (secondary N) is 1. The van der Waals surface area contributed by atoms with E-state index < -0.39 is 17.3 Å². The third kappa shape index (κ3) is 3.61. The number of H-pyrrole nitrogens is 1. The van der Waals surface area contributed by atoms with Gasteiger partial charge < -0.3 is 4.98 Å². The molecule has 7 heteroatoms. The number of alkyl halides is 3. The molecule has 0 radical (unpaired) electrons. The number of hydrogen-bond donors (Lipinski definition) is 1. The summed E-state index contributed by atoms with van der Waals surface area (Å²) >= 11 is 1.73. The van der Waals surface area contributed by atoms with Crippen LogP contribution in [-0.4, -0.2) is 15.2 Å². The van der Waals surface area contributed by atoms with Gasteiger partial charge in [0.1, 0.15) is 5.82 Å². The Bertz CT molecular complexity index is 795. The van der Waals surface area contributed by atoms with Crippen LogP contribution in [0, 0.1) is 6.92 Å². The molecule has 1 fully saturated rings. The van der Waals surface area contributed by atoms with Gasteiger partial charge in [0.2, 0.25) is 0 Å². The van der Waals surface area contributed by atoms with Crippen molar-refractivity contribution in [3.8, 4) is 0 Å². The summed E-state index contributed by atoms with van der Waals surface area (Å²) in [4.78, 5) is 19.1. The van der Waals surface area contributed by atoms with E-state index in [9.17, 15) is 18.0 Å². The number of aromatic amines is 1. The summed E-state index contributed by atoms with van der Waals surface area (Å²) in [5.41, 5.74) is -0.917. The zero-order valence-electron chi connectivity index (χ0n) is 13.4. The molecule has 3 rings (SSSR count). The first-order valence-electron chi connectivity index (χ1n) is 8.07. The second-order valence-corrected chi connectivity index (χ2v) is 7.52. The van der Waals surface area contributed by atoms with Crippen LogP contribution in [0.3, 0.4) is 0 Å². The maximum atomic E-state index is 13.1. The molecular formula is C17H19F3N2OS. The lowest BCUT2D eigenvalue weighted by Gasteiger charge is -2.20. The van der Waals surface area contributed by atoms with Gasteiger partial charge >= 0.3 is 6.18 Å². The molecule has 24 heavy (non-hydrogen) atoms. The van der Waals surface area contributed by atoms with Crippen LogP contribution in [0.1, 0.15) is 49.1 Å². The third-order valence-corrected chi connectivity index (χ3v) is 5.81. The van der Waals surface area contributed by atoms with E-state index in [0.717, 1.165) is 18.9 Å². The molecule has 0 bridgehead atoms. The van der Waals surface area contributed by atoms with Crippen molar-refractivity contribution in [1.29, 1.82) is 0 Å². The van der Waals surface area contributed by atoms with Crippen LogP contribution in [0.4, 0.5) is 13.2 Å². The predicted octanol–water partition coefficient (Wildman–Crippen LogP) is 4.82. The SMILES string of the molecule is Cc1ccc(C(F)(F)F)c2c(=O)[nH]c(CSC3CCCCC3)nc12. The fourth-order valence-electron chi connectivity index (χ4n) is 3.16. The van der Waals surface area contributed by atoms with E-state index in [1.54, 1.807) is 18.7 Å². The lowest BCUT2D eigenvalue weighted by Crippen LogP contribution is -2.18. The summed E-state index contributed by atoms with van der Waals surface area (Å²) < 4.78 is 39.4. The first-order valence-corrected chi connectivity index (χ1v) is 9.12. The molecule has 1 aliphatic carbocycles. The molecular weight excluding hydrogens is 337 g/mol. The summed E-state index contributed by atoms with van der Waals surface area (Å²) in [7, 11) is 0. The Morgan fingerprint density at radius 2 is 1.96 bits per heavy atom. The fourth-order valence-corrected chi connectivity index (χ4v) is 4.36. The van der Waals surface area contributed by atoms with Gasteiger partial charge in [-0.2, -0.15) is 24.9 Å². The topological polar surface area (TPSA) is 45.8 Å². The van der Waals surface area contributed by atoms with Crippen LogP contribution >= 0.6 is 11.8 Å². The minimum Gasteiger partial charge on any atom is -0.309 e. The van der Waals surface area contributed by atoms with Crippen molar-refractivity contribution in [2.24, 2.45) is 0 Å². The molecule has 0 unspecified atom stereocenters. The highest BCUT2D eigenvalue weighted by Gasteiger charge is 2.34. The van der Waals surface area contributed by atoms with E-state index in [4.69, 9.17) is 0 Å². The molecule has 0 atom stereocenters. The van der Waals surface area contributed by atoms with Gasteiger partial charge in [0.15, 0.2) is 0 Å². The minimum atomic E-state index is -4.57. The van der Waals surface area contributed by atoms with Crippen molar-refractivity contribution < 1.29 is 13.2 Å². The van der Waals surface area contributed by atoms with Gasteiger partial charge in [-0.3, -0.25) is 4.79 Å². The number of aryl methyl sites for hydroxylation is 1. The predicted molar refractivity (Wildman–Crippen MR) is 90.3 cm³/mol. The van der Waals surface area contributed by atoms with Crippen molar-refractivity contribution in [2.45, 2.75) is 56.2 Å². The Morgan fingerprint density at radius 3 is 2.62 bits per heavy atom. The Morgan fingerprint density at radius 1 is 1.25 bits per heavy atom. The largest absolute Gasteiger partial charge is 0.417 e. The zero-order chi connectivity index (χ0) is 17.3. The van der Waals surface area contributed by atoms with Crippen LogP contribution in [0.2, 0.25) is 0 Å². The standard InChI is InChI=1S/C17H19F3N2OS/c1-10-7-8-12(17(18,19)20)14-15(10)21-13(22-16(14)23)9-24-11-5-3-2-4-6-11/h7-8,11H,2-6,9H2,1H3,(H,21,22,23). The van der Waals surface area contributed by atoms with Crippen molar-refractivity contribution >= 4 is 22.7 Å². The molecule has 130 valence electrons. The summed E-state index contributed by atoms with van der Waals surface area (Å²) in [6.07, 6.45) is 1.43. The smallest absolute Gasteiger partial charge is 0.309 e. The summed E-state index contributed by atoms with van der Waals surface area (Å²) in [6, 6.07) is 2.32. The first-order chi connectivity index (χ1) is 11.4. The zero-order valence-corrected chi connectivity index (χ0v) is 14.2. The van der Waals surface area contributed by atoms with Crippen molar-refractivity contribution in [1.82, 2.24) is 9.97 Å². The van der Waals surface area contributed by atoms with Crippen molar-refractivity contribution in [3.05, 3.63) is 39.4 Å². The molecule has 1 heterocycles. The minimum absolute atomic E-state index is 0.146. The highest BCUT2D eigenvalue weighted by Crippen LogP contribution is 2.34. The Hall–Kier alpha value is -1.50.